The van der Waals surface area contributed by atoms with Gasteiger partial charge in [0, 0.05) is 25.7 Å². The van der Waals surface area contributed by atoms with Gasteiger partial charge in [0.25, 0.3) is 0 Å². The fourth-order valence-electron chi connectivity index (χ4n) is 11.0. The zero-order chi connectivity index (χ0) is 67.0. The highest BCUT2D eigenvalue weighted by Gasteiger charge is 2.30. The van der Waals surface area contributed by atoms with Gasteiger partial charge in [-0.25, -0.2) is 9.13 Å². The van der Waals surface area contributed by atoms with Gasteiger partial charge in [0.1, 0.15) is 19.3 Å². The van der Waals surface area contributed by atoms with Crippen molar-refractivity contribution in [3.63, 3.8) is 0 Å². The summed E-state index contributed by atoms with van der Waals surface area (Å²) in [6.45, 7) is 7.21. The van der Waals surface area contributed by atoms with Gasteiger partial charge in [-0.3, -0.25) is 37.3 Å². The molecule has 0 aromatic carbocycles. The zero-order valence-corrected chi connectivity index (χ0v) is 60.8. The minimum absolute atomic E-state index is 0.105. The maximum absolute atomic E-state index is 13.1. The molecule has 0 fully saturated rings. The SMILES string of the molecule is CCCCCCCCCCCCCCCCCCCCCCCCC(=O)O[C@H](COC(=O)CCCCCCCCCCCCC(C)CC)COP(=O)(O)OC[C@@H](O)COP(=O)(O)OC[C@@H](COC(=O)CCCCCCCCC)OC(=O)CCCCCCCCCC. The summed E-state index contributed by atoms with van der Waals surface area (Å²) in [6.07, 6.45) is 53.1. The molecular formula is C72H140O17P2. The van der Waals surface area contributed by atoms with Crippen molar-refractivity contribution < 1.29 is 80.2 Å². The maximum atomic E-state index is 13.1. The van der Waals surface area contributed by atoms with Crippen LogP contribution in [0.4, 0.5) is 0 Å². The minimum atomic E-state index is -4.95. The summed E-state index contributed by atoms with van der Waals surface area (Å²) in [7, 11) is -9.89. The molecule has 0 bridgehead atoms. The van der Waals surface area contributed by atoms with E-state index in [1.54, 1.807) is 0 Å². The molecule has 0 aromatic rings. The Labute approximate surface area is 556 Å². The van der Waals surface area contributed by atoms with Crippen LogP contribution < -0.4 is 0 Å². The Balaban J connectivity index is 5.11. The summed E-state index contributed by atoms with van der Waals surface area (Å²) in [5, 5.41) is 10.6. The van der Waals surface area contributed by atoms with E-state index in [4.69, 9.17) is 37.0 Å². The van der Waals surface area contributed by atoms with Gasteiger partial charge in [0.2, 0.25) is 0 Å². The Morgan fingerprint density at radius 2 is 0.527 bits per heavy atom. The van der Waals surface area contributed by atoms with Gasteiger partial charge in [-0.15, -0.1) is 0 Å². The number of rotatable bonds is 72. The average molecular weight is 1340 g/mol. The van der Waals surface area contributed by atoms with E-state index in [0.29, 0.717) is 25.7 Å². The fraction of sp³-hybridized carbons (Fsp3) is 0.944. The highest BCUT2D eigenvalue weighted by molar-refractivity contribution is 7.47. The molecule has 0 spiro atoms. The standard InChI is InChI=1S/C72H140O17P2/c1-6-10-13-16-19-21-22-23-24-25-26-27-28-29-30-31-32-33-38-43-48-53-58-72(77)89-68(62-83-70(75)56-51-46-42-37-35-34-36-40-44-49-54-65(5)9-4)64-87-91(80,81)85-60-66(73)59-84-90(78,79)86-63-67(61-82-69(74)55-50-45-39-18-15-12-8-3)88-71(76)57-52-47-41-20-17-14-11-7-2/h65-68,73H,6-64H2,1-5H3,(H,78,79)(H,80,81)/t65?,66-,67+,68+/m0/s1. The average Bonchev–Trinajstić information content (AvgIpc) is 3.71. The van der Waals surface area contributed by atoms with Gasteiger partial charge >= 0.3 is 39.5 Å². The van der Waals surface area contributed by atoms with Crippen LogP contribution in [0.15, 0.2) is 0 Å². The molecule has 91 heavy (non-hydrogen) atoms. The van der Waals surface area contributed by atoms with Gasteiger partial charge in [0.15, 0.2) is 12.2 Å². The molecule has 0 aliphatic heterocycles. The third kappa shape index (κ3) is 65.1. The quantitative estimate of drug-likeness (QED) is 0.0222. The van der Waals surface area contributed by atoms with Crippen LogP contribution in [0.3, 0.4) is 0 Å². The first kappa shape index (κ1) is 89.1. The monoisotopic (exact) mass is 1340 g/mol. The molecule has 3 N–H and O–H groups in total. The van der Waals surface area contributed by atoms with Crippen molar-refractivity contribution >= 4 is 39.5 Å². The third-order valence-electron chi connectivity index (χ3n) is 17.1. The van der Waals surface area contributed by atoms with Crippen molar-refractivity contribution in [2.45, 2.75) is 393 Å². The van der Waals surface area contributed by atoms with E-state index in [2.05, 4.69) is 34.6 Å². The first-order chi connectivity index (χ1) is 44.1. The molecule has 6 atom stereocenters. The van der Waals surface area contributed by atoms with E-state index < -0.39 is 97.5 Å². The number of hydrogen-bond acceptors (Lipinski definition) is 15. The summed E-state index contributed by atoms with van der Waals surface area (Å²) in [5.41, 5.74) is 0. The second-order valence-electron chi connectivity index (χ2n) is 26.2. The number of carbonyl (C=O) groups is 4. The number of phosphoric acid groups is 2. The number of hydrogen-bond donors (Lipinski definition) is 3. The Bertz CT molecular complexity index is 1760. The lowest BCUT2D eigenvalue weighted by molar-refractivity contribution is -0.161. The molecule has 0 amide bonds. The van der Waals surface area contributed by atoms with E-state index in [1.165, 1.54) is 180 Å². The van der Waals surface area contributed by atoms with Crippen molar-refractivity contribution in [3.8, 4) is 0 Å². The molecule has 0 heterocycles. The van der Waals surface area contributed by atoms with E-state index >= 15 is 0 Å². The van der Waals surface area contributed by atoms with Crippen molar-refractivity contribution in [2.24, 2.45) is 5.92 Å². The van der Waals surface area contributed by atoms with E-state index in [0.717, 1.165) is 115 Å². The predicted octanol–water partition coefficient (Wildman–Crippen LogP) is 20.9. The number of unbranched alkanes of at least 4 members (excludes halogenated alkanes) is 43. The fourth-order valence-corrected chi connectivity index (χ4v) is 12.5. The lowest BCUT2D eigenvalue weighted by Crippen LogP contribution is -2.30. The van der Waals surface area contributed by atoms with Crippen molar-refractivity contribution in [2.75, 3.05) is 39.6 Å². The topological polar surface area (TPSA) is 237 Å². The first-order valence-electron chi connectivity index (χ1n) is 37.7. The second-order valence-corrected chi connectivity index (χ2v) is 29.1. The highest BCUT2D eigenvalue weighted by Crippen LogP contribution is 2.45. The summed E-state index contributed by atoms with van der Waals surface area (Å²) in [6, 6.07) is 0. The largest absolute Gasteiger partial charge is 0.472 e. The maximum Gasteiger partial charge on any atom is 0.472 e. The molecular weight excluding hydrogens is 1200 g/mol. The van der Waals surface area contributed by atoms with Crippen LogP contribution in [0, 0.1) is 5.92 Å². The highest BCUT2D eigenvalue weighted by atomic mass is 31.2. The van der Waals surface area contributed by atoms with Crippen molar-refractivity contribution in [1.82, 2.24) is 0 Å². The normalized spacial score (nSPS) is 14.3. The first-order valence-corrected chi connectivity index (χ1v) is 40.7. The van der Waals surface area contributed by atoms with E-state index in [-0.39, 0.29) is 25.7 Å². The van der Waals surface area contributed by atoms with Crippen LogP contribution in [0.1, 0.15) is 375 Å². The van der Waals surface area contributed by atoms with Gasteiger partial charge in [-0.05, 0) is 31.6 Å². The van der Waals surface area contributed by atoms with E-state index in [9.17, 15) is 43.2 Å². The predicted molar refractivity (Wildman–Crippen MR) is 368 cm³/mol. The van der Waals surface area contributed by atoms with Gasteiger partial charge in [-0.2, -0.15) is 0 Å². The minimum Gasteiger partial charge on any atom is -0.462 e. The van der Waals surface area contributed by atoms with Crippen LogP contribution >= 0.6 is 15.6 Å². The van der Waals surface area contributed by atoms with Crippen LogP contribution in [-0.2, 0) is 65.4 Å². The Hall–Kier alpha value is -1.94. The molecule has 0 saturated carbocycles. The molecule has 19 heteroatoms. The number of carbonyl (C=O) groups excluding carboxylic acids is 4. The van der Waals surface area contributed by atoms with Crippen LogP contribution in [0.2, 0.25) is 0 Å². The molecule has 0 aliphatic carbocycles. The van der Waals surface area contributed by atoms with Crippen molar-refractivity contribution in [1.29, 1.82) is 0 Å². The number of ether oxygens (including phenoxy) is 4. The van der Waals surface area contributed by atoms with Gasteiger partial charge in [0.05, 0.1) is 26.4 Å². The van der Waals surface area contributed by atoms with Crippen LogP contribution in [0.25, 0.3) is 0 Å². The Morgan fingerprint density at radius 1 is 0.308 bits per heavy atom. The number of phosphoric ester groups is 2. The molecule has 17 nitrogen and oxygen atoms in total. The summed E-state index contributed by atoms with van der Waals surface area (Å²) in [4.78, 5) is 72.3. The Kier molecular flexibility index (Phi) is 64.0. The zero-order valence-electron chi connectivity index (χ0n) is 59.0. The van der Waals surface area contributed by atoms with E-state index in [1.807, 2.05) is 0 Å². The smallest absolute Gasteiger partial charge is 0.462 e. The molecule has 0 saturated heterocycles. The van der Waals surface area contributed by atoms with Crippen LogP contribution in [-0.4, -0.2) is 96.7 Å². The summed E-state index contributed by atoms with van der Waals surface area (Å²) < 4.78 is 68.1. The molecule has 0 rings (SSSR count). The Morgan fingerprint density at radius 3 is 0.780 bits per heavy atom. The summed E-state index contributed by atoms with van der Waals surface area (Å²) in [5.74, 6) is -1.32. The van der Waals surface area contributed by atoms with Gasteiger partial charge in [-0.1, -0.05) is 324 Å². The number of esters is 4. The molecule has 0 aromatic heterocycles. The lowest BCUT2D eigenvalue weighted by atomic mass is 9.99. The molecule has 540 valence electrons. The van der Waals surface area contributed by atoms with Gasteiger partial charge < -0.3 is 33.8 Å². The molecule has 0 radical (unpaired) electrons. The molecule has 3 unspecified atom stereocenters. The van der Waals surface area contributed by atoms with Crippen molar-refractivity contribution in [3.05, 3.63) is 0 Å². The third-order valence-corrected chi connectivity index (χ3v) is 19.0. The molecule has 0 aliphatic rings. The lowest BCUT2D eigenvalue weighted by Gasteiger charge is -2.21. The number of aliphatic hydroxyl groups is 1. The van der Waals surface area contributed by atoms with Crippen LogP contribution in [0.5, 0.6) is 0 Å². The number of aliphatic hydroxyl groups excluding tert-OH is 1. The summed E-state index contributed by atoms with van der Waals surface area (Å²) >= 11 is 0. The second kappa shape index (κ2) is 65.4.